The van der Waals surface area contributed by atoms with Crippen molar-refractivity contribution < 1.29 is 23.1 Å². The molecule has 10 nitrogen and oxygen atoms in total. The summed E-state index contributed by atoms with van der Waals surface area (Å²) in [6, 6.07) is 7.41. The van der Waals surface area contributed by atoms with E-state index in [2.05, 4.69) is 14.7 Å². The van der Waals surface area contributed by atoms with E-state index < -0.39 is 39.6 Å². The summed E-state index contributed by atoms with van der Waals surface area (Å²) in [4.78, 5) is 39.5. The summed E-state index contributed by atoms with van der Waals surface area (Å²) in [5.41, 5.74) is -1.36. The summed E-state index contributed by atoms with van der Waals surface area (Å²) in [6.45, 7) is -0.666. The van der Waals surface area contributed by atoms with Crippen LogP contribution in [0.15, 0.2) is 46.2 Å². The number of anilines is 1. The monoisotopic (exact) mass is 352 g/mol. The number of aromatic nitrogens is 2. The standard InChI is InChI=1S/C13H12N4O6S/c18-10(19)7-14-11(20)9-6-15-13(16-12(9)21)17-24(22,23)8-4-2-1-3-5-8/h1-6H,7H2,(H,14,20)(H,18,19)(H2,15,16,17,21). The van der Waals surface area contributed by atoms with Gasteiger partial charge >= 0.3 is 5.97 Å². The average Bonchev–Trinajstić information content (AvgIpc) is 2.53. The molecule has 0 aliphatic carbocycles. The lowest BCUT2D eigenvalue weighted by Gasteiger charge is -2.07. The van der Waals surface area contributed by atoms with Crippen molar-refractivity contribution in [2.75, 3.05) is 11.3 Å². The van der Waals surface area contributed by atoms with Gasteiger partial charge in [-0.2, -0.15) is 0 Å². The topological polar surface area (TPSA) is 158 Å². The van der Waals surface area contributed by atoms with E-state index in [4.69, 9.17) is 5.11 Å². The number of sulfonamides is 1. The summed E-state index contributed by atoms with van der Waals surface area (Å²) >= 11 is 0. The van der Waals surface area contributed by atoms with E-state index in [1.54, 1.807) is 6.07 Å². The van der Waals surface area contributed by atoms with Gasteiger partial charge in [-0.15, -0.1) is 0 Å². The van der Waals surface area contributed by atoms with E-state index in [0.29, 0.717) is 0 Å². The third-order valence-corrected chi connectivity index (χ3v) is 4.08. The number of hydrogen-bond donors (Lipinski definition) is 4. The van der Waals surface area contributed by atoms with Crippen LogP contribution in [0.1, 0.15) is 10.4 Å². The fraction of sp³-hybridized carbons (Fsp3) is 0.0769. The molecule has 2 rings (SSSR count). The second-order valence-corrected chi connectivity index (χ2v) is 6.15. The number of rotatable bonds is 6. The molecule has 0 atom stereocenters. The predicted molar refractivity (Wildman–Crippen MR) is 82.1 cm³/mol. The van der Waals surface area contributed by atoms with E-state index >= 15 is 0 Å². The van der Waals surface area contributed by atoms with Crippen molar-refractivity contribution in [2.45, 2.75) is 4.90 Å². The van der Waals surface area contributed by atoms with Crippen LogP contribution in [0.25, 0.3) is 0 Å². The Kier molecular flexibility index (Phi) is 4.94. The van der Waals surface area contributed by atoms with Gasteiger partial charge < -0.3 is 10.4 Å². The van der Waals surface area contributed by atoms with Gasteiger partial charge in [0.15, 0.2) is 0 Å². The largest absolute Gasteiger partial charge is 0.480 e. The first-order valence-corrected chi connectivity index (χ1v) is 7.95. The molecular weight excluding hydrogens is 340 g/mol. The maximum absolute atomic E-state index is 12.1. The Balaban J connectivity index is 2.20. The van der Waals surface area contributed by atoms with E-state index in [1.165, 1.54) is 24.3 Å². The first-order valence-electron chi connectivity index (χ1n) is 6.47. The van der Waals surface area contributed by atoms with Crippen molar-refractivity contribution in [1.29, 1.82) is 0 Å². The first kappa shape index (κ1) is 17.1. The van der Waals surface area contributed by atoms with Crippen LogP contribution in [0.4, 0.5) is 5.95 Å². The van der Waals surface area contributed by atoms with Crippen LogP contribution in [0.5, 0.6) is 0 Å². The van der Waals surface area contributed by atoms with Gasteiger partial charge in [0.2, 0.25) is 5.95 Å². The number of aliphatic carboxylic acids is 1. The minimum Gasteiger partial charge on any atom is -0.480 e. The van der Waals surface area contributed by atoms with E-state index in [9.17, 15) is 22.8 Å². The van der Waals surface area contributed by atoms with Crippen LogP contribution in [-0.2, 0) is 14.8 Å². The SMILES string of the molecule is O=C(O)CNC(=O)c1cnc(NS(=O)(=O)c2ccccc2)[nH]c1=O. The zero-order chi connectivity index (χ0) is 17.7. The number of nitrogens with one attached hydrogen (secondary N) is 3. The Bertz CT molecular complexity index is 923. The summed E-state index contributed by atoms with van der Waals surface area (Å²) in [5, 5.41) is 10.5. The zero-order valence-corrected chi connectivity index (χ0v) is 12.8. The number of carboxylic acid groups (broad SMARTS) is 1. The third kappa shape index (κ3) is 4.16. The number of hydrogen-bond acceptors (Lipinski definition) is 6. The summed E-state index contributed by atoms with van der Waals surface area (Å²) < 4.78 is 26.3. The van der Waals surface area contributed by atoms with Crippen LogP contribution in [0.2, 0.25) is 0 Å². The molecule has 1 aromatic carbocycles. The smallest absolute Gasteiger partial charge is 0.322 e. The van der Waals surface area contributed by atoms with Gasteiger partial charge in [0.05, 0.1) is 4.90 Å². The number of carbonyl (C=O) groups is 2. The predicted octanol–water partition coefficient (Wildman–Crippen LogP) is -0.615. The molecule has 126 valence electrons. The highest BCUT2D eigenvalue weighted by Gasteiger charge is 2.17. The minimum atomic E-state index is -3.95. The molecule has 0 bridgehead atoms. The molecule has 0 aliphatic heterocycles. The summed E-state index contributed by atoms with van der Waals surface area (Å²) in [7, 11) is -3.95. The van der Waals surface area contributed by atoms with Crippen molar-refractivity contribution in [2.24, 2.45) is 0 Å². The number of carbonyl (C=O) groups excluding carboxylic acids is 1. The summed E-state index contributed by atoms with van der Waals surface area (Å²) in [5.74, 6) is -2.60. The Morgan fingerprint density at radius 3 is 2.46 bits per heavy atom. The van der Waals surface area contributed by atoms with Crippen molar-refractivity contribution in [3.05, 3.63) is 52.4 Å². The normalized spacial score (nSPS) is 10.8. The fourth-order valence-corrected chi connectivity index (χ4v) is 2.64. The molecule has 4 N–H and O–H groups in total. The van der Waals surface area contributed by atoms with Gasteiger partial charge in [-0.25, -0.2) is 18.1 Å². The minimum absolute atomic E-state index is 0.0315. The lowest BCUT2D eigenvalue weighted by atomic mass is 10.3. The van der Waals surface area contributed by atoms with Crippen molar-refractivity contribution in [3.8, 4) is 0 Å². The molecule has 2 aromatic rings. The molecule has 11 heteroatoms. The molecule has 0 fully saturated rings. The highest BCUT2D eigenvalue weighted by atomic mass is 32.2. The number of nitrogens with zero attached hydrogens (tertiary/aromatic N) is 1. The second kappa shape index (κ2) is 6.91. The molecule has 24 heavy (non-hydrogen) atoms. The Morgan fingerprint density at radius 2 is 1.88 bits per heavy atom. The van der Waals surface area contributed by atoms with Gasteiger partial charge in [-0.05, 0) is 12.1 Å². The van der Waals surface area contributed by atoms with Crippen LogP contribution >= 0.6 is 0 Å². The Morgan fingerprint density at radius 1 is 1.21 bits per heavy atom. The van der Waals surface area contributed by atoms with Gasteiger partial charge in [0, 0.05) is 6.20 Å². The molecule has 0 spiro atoms. The van der Waals surface area contributed by atoms with Gasteiger partial charge in [0.1, 0.15) is 12.1 Å². The van der Waals surface area contributed by atoms with Crippen LogP contribution in [0, 0.1) is 0 Å². The third-order valence-electron chi connectivity index (χ3n) is 2.73. The molecule has 1 aromatic heterocycles. The Hall–Kier alpha value is -3.21. The molecular formula is C13H12N4O6S. The lowest BCUT2D eigenvalue weighted by molar-refractivity contribution is -0.135. The molecule has 1 heterocycles. The maximum Gasteiger partial charge on any atom is 0.322 e. The maximum atomic E-state index is 12.1. The number of amides is 1. The quantitative estimate of drug-likeness (QED) is 0.539. The first-order chi connectivity index (χ1) is 11.3. The van der Waals surface area contributed by atoms with Gasteiger partial charge in [0.25, 0.3) is 21.5 Å². The van der Waals surface area contributed by atoms with Gasteiger partial charge in [-0.1, -0.05) is 18.2 Å². The zero-order valence-electron chi connectivity index (χ0n) is 12.0. The number of benzene rings is 1. The van der Waals surface area contributed by atoms with Gasteiger partial charge in [-0.3, -0.25) is 19.4 Å². The number of H-pyrrole nitrogens is 1. The van der Waals surface area contributed by atoms with E-state index in [-0.39, 0.29) is 10.8 Å². The highest BCUT2D eigenvalue weighted by Crippen LogP contribution is 2.11. The molecule has 0 radical (unpaired) electrons. The van der Waals surface area contributed by atoms with Crippen molar-refractivity contribution in [1.82, 2.24) is 15.3 Å². The van der Waals surface area contributed by atoms with Crippen molar-refractivity contribution >= 4 is 27.8 Å². The lowest BCUT2D eigenvalue weighted by Crippen LogP contribution is -2.34. The molecule has 1 amide bonds. The van der Waals surface area contributed by atoms with Crippen LogP contribution in [-0.4, -0.2) is 41.9 Å². The van der Waals surface area contributed by atoms with E-state index in [0.717, 1.165) is 6.20 Å². The average molecular weight is 352 g/mol. The molecule has 0 saturated heterocycles. The number of carboxylic acids is 1. The summed E-state index contributed by atoms with van der Waals surface area (Å²) in [6.07, 6.45) is 0.846. The molecule has 0 saturated carbocycles. The second-order valence-electron chi connectivity index (χ2n) is 4.47. The molecule has 0 unspecified atom stereocenters. The highest BCUT2D eigenvalue weighted by molar-refractivity contribution is 7.92. The van der Waals surface area contributed by atoms with Crippen LogP contribution < -0.4 is 15.6 Å². The van der Waals surface area contributed by atoms with Crippen molar-refractivity contribution in [3.63, 3.8) is 0 Å². The molecule has 0 aliphatic rings. The Labute approximate surface area is 135 Å². The van der Waals surface area contributed by atoms with E-state index in [1.807, 2.05) is 5.32 Å². The number of aromatic amines is 1. The van der Waals surface area contributed by atoms with Crippen LogP contribution in [0.3, 0.4) is 0 Å². The fourth-order valence-electron chi connectivity index (χ4n) is 1.65.